The molecule has 6 nitrogen and oxygen atoms in total. The van der Waals surface area contributed by atoms with Gasteiger partial charge in [-0.25, -0.2) is 0 Å². The van der Waals surface area contributed by atoms with Crippen molar-refractivity contribution in [3.63, 3.8) is 0 Å². The van der Waals surface area contributed by atoms with Crippen LogP contribution in [0.5, 0.6) is 5.75 Å². The van der Waals surface area contributed by atoms with Gasteiger partial charge < -0.3 is 5.11 Å². The molecule has 0 fully saturated rings. The van der Waals surface area contributed by atoms with Gasteiger partial charge in [0.1, 0.15) is 5.75 Å². The van der Waals surface area contributed by atoms with Gasteiger partial charge in [0, 0.05) is 30.8 Å². The van der Waals surface area contributed by atoms with Gasteiger partial charge in [0.2, 0.25) is 0 Å². The summed E-state index contributed by atoms with van der Waals surface area (Å²) in [6, 6.07) is 3.84. The minimum absolute atomic E-state index is 0.0218. The van der Waals surface area contributed by atoms with Gasteiger partial charge in [-0.05, 0) is 19.9 Å². The lowest BCUT2D eigenvalue weighted by atomic mass is 10.2. The summed E-state index contributed by atoms with van der Waals surface area (Å²) < 4.78 is 0. The Morgan fingerprint density at radius 3 is 2.65 bits per heavy atom. The molecule has 1 aromatic rings. The number of phenolic OH excluding ortho intramolecular Hbond substituents is 1. The van der Waals surface area contributed by atoms with Crippen molar-refractivity contribution < 1.29 is 10.0 Å². The average molecular weight is 237 g/mol. The summed E-state index contributed by atoms with van der Waals surface area (Å²) >= 11 is 0. The standard InChI is InChI=1S/C11H15N3O3/c1-3-13(4-2)12-8-9-7-10(14(16)17)5-6-11(9)15/h5-8,15H,3-4H2,1-2H3/b12-8-. The molecular formula is C11H15N3O3. The number of aromatic hydroxyl groups is 1. The Morgan fingerprint density at radius 1 is 1.47 bits per heavy atom. The first-order valence-corrected chi connectivity index (χ1v) is 5.34. The molecule has 0 bridgehead atoms. The zero-order valence-corrected chi connectivity index (χ0v) is 9.83. The Labute approximate surface area is 99.3 Å². The number of phenols is 1. The fraction of sp³-hybridized carbons (Fsp3) is 0.364. The van der Waals surface area contributed by atoms with E-state index in [1.54, 1.807) is 5.01 Å². The van der Waals surface area contributed by atoms with Crippen molar-refractivity contribution in [3.8, 4) is 5.75 Å². The maximum Gasteiger partial charge on any atom is 0.270 e. The van der Waals surface area contributed by atoms with E-state index in [0.29, 0.717) is 5.56 Å². The number of non-ortho nitro benzene ring substituents is 1. The lowest BCUT2D eigenvalue weighted by Crippen LogP contribution is -2.15. The van der Waals surface area contributed by atoms with E-state index in [1.807, 2.05) is 13.8 Å². The second kappa shape index (κ2) is 5.83. The van der Waals surface area contributed by atoms with E-state index in [4.69, 9.17) is 0 Å². The monoisotopic (exact) mass is 237 g/mol. The van der Waals surface area contributed by atoms with Crippen LogP contribution in [0.15, 0.2) is 23.3 Å². The topological polar surface area (TPSA) is 79.0 Å². The molecule has 0 saturated heterocycles. The van der Waals surface area contributed by atoms with Crippen LogP contribution in [0.1, 0.15) is 19.4 Å². The van der Waals surface area contributed by atoms with Crippen LogP contribution in [-0.4, -0.2) is 34.3 Å². The van der Waals surface area contributed by atoms with Gasteiger partial charge in [0.05, 0.1) is 11.1 Å². The highest BCUT2D eigenvalue weighted by atomic mass is 16.6. The van der Waals surface area contributed by atoms with Crippen molar-refractivity contribution in [2.45, 2.75) is 13.8 Å². The fourth-order valence-electron chi connectivity index (χ4n) is 1.29. The highest BCUT2D eigenvalue weighted by Crippen LogP contribution is 2.21. The summed E-state index contributed by atoms with van der Waals surface area (Å²) in [5, 5.41) is 26.0. The SMILES string of the molecule is CCN(CC)/N=C\c1cc([N+](=O)[O-])ccc1O. The van der Waals surface area contributed by atoms with Gasteiger partial charge in [-0.15, -0.1) is 0 Å². The Hall–Kier alpha value is -2.11. The Kier molecular flexibility index (Phi) is 4.45. The van der Waals surface area contributed by atoms with Crippen LogP contribution in [0.2, 0.25) is 0 Å². The summed E-state index contributed by atoms with van der Waals surface area (Å²) in [6.07, 6.45) is 1.43. The summed E-state index contributed by atoms with van der Waals surface area (Å²) in [4.78, 5) is 10.1. The Balaban J connectivity index is 2.97. The molecule has 92 valence electrons. The lowest BCUT2D eigenvalue weighted by molar-refractivity contribution is -0.384. The third-order valence-corrected chi connectivity index (χ3v) is 2.31. The molecule has 6 heteroatoms. The average Bonchev–Trinajstić information content (AvgIpc) is 2.32. The van der Waals surface area contributed by atoms with Crippen molar-refractivity contribution in [2.75, 3.05) is 13.1 Å². The van der Waals surface area contributed by atoms with E-state index in [9.17, 15) is 15.2 Å². The minimum atomic E-state index is -0.506. The van der Waals surface area contributed by atoms with Crippen molar-refractivity contribution in [1.29, 1.82) is 0 Å². The molecule has 0 unspecified atom stereocenters. The zero-order chi connectivity index (χ0) is 12.8. The molecule has 1 rings (SSSR count). The van der Waals surface area contributed by atoms with Crippen LogP contribution in [0.4, 0.5) is 5.69 Å². The molecule has 0 amide bonds. The van der Waals surface area contributed by atoms with Gasteiger partial charge in [-0.3, -0.25) is 15.1 Å². The molecule has 0 radical (unpaired) electrons. The molecule has 0 aliphatic carbocycles. The van der Waals surface area contributed by atoms with E-state index < -0.39 is 4.92 Å². The maximum absolute atomic E-state index is 10.6. The van der Waals surface area contributed by atoms with E-state index >= 15 is 0 Å². The molecule has 0 aromatic heterocycles. The molecular weight excluding hydrogens is 222 g/mol. The van der Waals surface area contributed by atoms with Crippen molar-refractivity contribution in [3.05, 3.63) is 33.9 Å². The van der Waals surface area contributed by atoms with Crippen LogP contribution in [0.3, 0.4) is 0 Å². The third-order valence-electron chi connectivity index (χ3n) is 2.31. The summed E-state index contributed by atoms with van der Waals surface area (Å²) in [6.45, 7) is 5.38. The number of hydrogen-bond donors (Lipinski definition) is 1. The van der Waals surface area contributed by atoms with Crippen molar-refractivity contribution in [2.24, 2.45) is 5.10 Å². The number of hydrogen-bond acceptors (Lipinski definition) is 5. The van der Waals surface area contributed by atoms with Gasteiger partial charge in [-0.2, -0.15) is 5.10 Å². The lowest BCUT2D eigenvalue weighted by Gasteiger charge is -2.13. The van der Waals surface area contributed by atoms with E-state index in [2.05, 4.69) is 5.10 Å². The predicted octanol–water partition coefficient (Wildman–Crippen LogP) is 1.98. The Morgan fingerprint density at radius 2 is 2.12 bits per heavy atom. The maximum atomic E-state index is 10.6. The Bertz CT molecular complexity index is 428. The number of benzene rings is 1. The van der Waals surface area contributed by atoms with Crippen LogP contribution in [0, 0.1) is 10.1 Å². The molecule has 0 atom stereocenters. The van der Waals surface area contributed by atoms with E-state index in [0.717, 1.165) is 13.1 Å². The quantitative estimate of drug-likeness (QED) is 0.482. The number of hydrazone groups is 1. The zero-order valence-electron chi connectivity index (χ0n) is 9.83. The van der Waals surface area contributed by atoms with Crippen LogP contribution in [-0.2, 0) is 0 Å². The number of rotatable bonds is 5. The normalized spacial score (nSPS) is 10.7. The highest BCUT2D eigenvalue weighted by molar-refractivity contribution is 5.84. The van der Waals surface area contributed by atoms with Crippen molar-refractivity contribution >= 4 is 11.9 Å². The van der Waals surface area contributed by atoms with Crippen LogP contribution < -0.4 is 0 Å². The molecule has 0 spiro atoms. The first-order chi connectivity index (χ1) is 8.08. The van der Waals surface area contributed by atoms with Crippen LogP contribution in [0.25, 0.3) is 0 Å². The first-order valence-electron chi connectivity index (χ1n) is 5.34. The fourth-order valence-corrected chi connectivity index (χ4v) is 1.29. The van der Waals surface area contributed by atoms with Gasteiger partial charge in [0.25, 0.3) is 5.69 Å². The minimum Gasteiger partial charge on any atom is -0.507 e. The molecule has 0 aliphatic rings. The largest absolute Gasteiger partial charge is 0.507 e. The van der Waals surface area contributed by atoms with Gasteiger partial charge in [0.15, 0.2) is 0 Å². The van der Waals surface area contributed by atoms with Crippen LogP contribution >= 0.6 is 0 Å². The summed E-state index contributed by atoms with van der Waals surface area (Å²) in [5.74, 6) is -0.0218. The highest BCUT2D eigenvalue weighted by Gasteiger charge is 2.08. The second-order valence-electron chi connectivity index (χ2n) is 3.38. The second-order valence-corrected chi connectivity index (χ2v) is 3.38. The summed E-state index contributed by atoms with van der Waals surface area (Å²) in [5.41, 5.74) is 0.273. The van der Waals surface area contributed by atoms with Crippen molar-refractivity contribution in [1.82, 2.24) is 5.01 Å². The van der Waals surface area contributed by atoms with E-state index in [-0.39, 0.29) is 11.4 Å². The molecule has 0 heterocycles. The molecule has 1 aromatic carbocycles. The summed E-state index contributed by atoms with van der Waals surface area (Å²) in [7, 11) is 0. The number of nitrogens with zero attached hydrogens (tertiary/aromatic N) is 3. The molecule has 1 N–H and O–H groups in total. The third kappa shape index (κ3) is 3.44. The van der Waals surface area contributed by atoms with Gasteiger partial charge in [-0.1, -0.05) is 0 Å². The predicted molar refractivity (Wildman–Crippen MR) is 65.3 cm³/mol. The van der Waals surface area contributed by atoms with Gasteiger partial charge >= 0.3 is 0 Å². The molecule has 0 aliphatic heterocycles. The van der Waals surface area contributed by atoms with E-state index in [1.165, 1.54) is 24.4 Å². The molecule has 17 heavy (non-hydrogen) atoms. The first kappa shape index (κ1) is 13.0. The molecule has 0 saturated carbocycles. The number of nitro benzene ring substituents is 1. The smallest absolute Gasteiger partial charge is 0.270 e. The number of nitro groups is 1.